The summed E-state index contributed by atoms with van der Waals surface area (Å²) in [5.41, 5.74) is 0. The van der Waals surface area contributed by atoms with E-state index in [1.807, 2.05) is 55.4 Å². The van der Waals surface area contributed by atoms with Crippen molar-refractivity contribution in [1.29, 1.82) is 0 Å². The van der Waals surface area contributed by atoms with Gasteiger partial charge in [-0.25, -0.2) is 0 Å². The Labute approximate surface area is 191 Å². The number of ether oxygens (including phenoxy) is 4. The van der Waals surface area contributed by atoms with Crippen LogP contribution in [0.3, 0.4) is 0 Å². The molecule has 8 nitrogen and oxygen atoms in total. The highest BCUT2D eigenvalue weighted by molar-refractivity contribution is 5.97. The first-order chi connectivity index (χ1) is 14.9. The van der Waals surface area contributed by atoms with Gasteiger partial charge in [-0.05, 0) is 23.7 Å². The Balaban J connectivity index is 3.21. The molecule has 0 atom stereocenters. The van der Waals surface area contributed by atoms with Crippen molar-refractivity contribution >= 4 is 23.9 Å². The van der Waals surface area contributed by atoms with E-state index in [0.717, 1.165) is 0 Å². The summed E-state index contributed by atoms with van der Waals surface area (Å²) in [6, 6.07) is 0. The fourth-order valence-electron chi connectivity index (χ4n) is 3.30. The van der Waals surface area contributed by atoms with Crippen molar-refractivity contribution in [2.75, 3.05) is 26.4 Å². The molecule has 0 N–H and O–H groups in total. The van der Waals surface area contributed by atoms with Crippen molar-refractivity contribution in [3.05, 3.63) is 0 Å². The molecule has 1 saturated carbocycles. The van der Waals surface area contributed by atoms with E-state index in [1.54, 1.807) is 0 Å². The van der Waals surface area contributed by atoms with E-state index in [2.05, 4.69) is 0 Å². The van der Waals surface area contributed by atoms with Crippen LogP contribution in [0.5, 0.6) is 0 Å². The van der Waals surface area contributed by atoms with Gasteiger partial charge in [-0.2, -0.15) is 0 Å². The molecular formula is C24H40O8. The molecule has 0 saturated heterocycles. The van der Waals surface area contributed by atoms with Crippen molar-refractivity contribution in [3.63, 3.8) is 0 Å². The first kappa shape index (κ1) is 27.9. The molecule has 1 fully saturated rings. The minimum Gasteiger partial charge on any atom is -0.465 e. The highest BCUT2D eigenvalue weighted by Crippen LogP contribution is 2.49. The molecule has 32 heavy (non-hydrogen) atoms. The van der Waals surface area contributed by atoms with Gasteiger partial charge in [0, 0.05) is 0 Å². The maximum Gasteiger partial charge on any atom is 0.310 e. The second-order valence-corrected chi connectivity index (χ2v) is 10.2. The van der Waals surface area contributed by atoms with E-state index in [1.165, 1.54) is 0 Å². The second kappa shape index (κ2) is 12.8. The zero-order valence-corrected chi connectivity index (χ0v) is 20.7. The third-order valence-corrected chi connectivity index (χ3v) is 4.87. The summed E-state index contributed by atoms with van der Waals surface area (Å²) in [5, 5.41) is 0. The second-order valence-electron chi connectivity index (χ2n) is 10.2. The van der Waals surface area contributed by atoms with E-state index >= 15 is 0 Å². The quantitative estimate of drug-likeness (QED) is 0.325. The fraction of sp³-hybridized carbons (Fsp3) is 0.833. The van der Waals surface area contributed by atoms with Crippen molar-refractivity contribution in [3.8, 4) is 0 Å². The van der Waals surface area contributed by atoms with E-state index in [0.29, 0.717) is 0 Å². The predicted octanol–water partition coefficient (Wildman–Crippen LogP) is 3.26. The van der Waals surface area contributed by atoms with E-state index in [9.17, 15) is 19.2 Å². The lowest BCUT2D eigenvalue weighted by molar-refractivity contribution is -0.201. The minimum atomic E-state index is -1.15. The first-order valence-corrected chi connectivity index (χ1v) is 11.5. The lowest BCUT2D eigenvalue weighted by Crippen LogP contribution is -2.61. The number of hydrogen-bond acceptors (Lipinski definition) is 8. The van der Waals surface area contributed by atoms with Crippen LogP contribution in [0.25, 0.3) is 0 Å². The number of esters is 4. The zero-order chi connectivity index (χ0) is 24.6. The molecule has 1 aliphatic carbocycles. The van der Waals surface area contributed by atoms with Crippen molar-refractivity contribution in [2.45, 2.75) is 55.4 Å². The monoisotopic (exact) mass is 456 g/mol. The SMILES string of the molecule is CC(C)COC(=O)C1C(C(=O)OCC(C)C)C(C(=O)OCC(C)C)C1C(=O)OCC(C)C. The van der Waals surface area contributed by atoms with Crippen LogP contribution >= 0.6 is 0 Å². The molecule has 0 aromatic heterocycles. The Morgan fingerprint density at radius 2 is 0.594 bits per heavy atom. The third kappa shape index (κ3) is 8.10. The van der Waals surface area contributed by atoms with E-state index in [4.69, 9.17) is 18.9 Å². The molecule has 184 valence electrons. The molecule has 0 aromatic carbocycles. The van der Waals surface area contributed by atoms with Crippen LogP contribution in [0.4, 0.5) is 0 Å². The molecule has 1 aliphatic rings. The molecule has 0 aliphatic heterocycles. The summed E-state index contributed by atoms with van der Waals surface area (Å²) in [7, 11) is 0. The summed E-state index contributed by atoms with van der Waals surface area (Å²) < 4.78 is 21.4. The van der Waals surface area contributed by atoms with Crippen molar-refractivity contribution in [1.82, 2.24) is 0 Å². The highest BCUT2D eigenvalue weighted by Gasteiger charge is 2.66. The van der Waals surface area contributed by atoms with E-state index < -0.39 is 47.5 Å². The summed E-state index contributed by atoms with van der Waals surface area (Å²) in [6.45, 7) is 15.6. The zero-order valence-electron chi connectivity index (χ0n) is 20.7. The summed E-state index contributed by atoms with van der Waals surface area (Å²) in [5.74, 6) is -7.12. The van der Waals surface area contributed by atoms with Crippen LogP contribution in [0.15, 0.2) is 0 Å². The molecule has 0 heterocycles. The smallest absolute Gasteiger partial charge is 0.310 e. The number of carbonyl (C=O) groups excluding carboxylic acids is 4. The molecule has 1 rings (SSSR count). The minimum absolute atomic E-state index is 0.0727. The third-order valence-electron chi connectivity index (χ3n) is 4.87. The van der Waals surface area contributed by atoms with Crippen molar-refractivity contribution < 1.29 is 38.1 Å². The van der Waals surface area contributed by atoms with Crippen LogP contribution in [-0.2, 0) is 38.1 Å². The summed E-state index contributed by atoms with van der Waals surface area (Å²) in [6.07, 6.45) is 0. The van der Waals surface area contributed by atoms with Gasteiger partial charge in [0.15, 0.2) is 0 Å². The Morgan fingerprint density at radius 3 is 0.719 bits per heavy atom. The first-order valence-electron chi connectivity index (χ1n) is 11.5. The maximum atomic E-state index is 12.9. The summed E-state index contributed by atoms with van der Waals surface area (Å²) >= 11 is 0. The highest BCUT2D eigenvalue weighted by atomic mass is 16.6. The molecule has 0 radical (unpaired) electrons. The fourth-order valence-corrected chi connectivity index (χ4v) is 3.30. The largest absolute Gasteiger partial charge is 0.465 e. The van der Waals surface area contributed by atoms with Crippen molar-refractivity contribution in [2.24, 2.45) is 47.3 Å². The van der Waals surface area contributed by atoms with Gasteiger partial charge in [0.05, 0.1) is 50.1 Å². The average molecular weight is 457 g/mol. The molecule has 8 heteroatoms. The Morgan fingerprint density at radius 1 is 0.438 bits per heavy atom. The normalized spacial score (nSPS) is 22.6. The van der Waals surface area contributed by atoms with Crippen LogP contribution in [0.1, 0.15) is 55.4 Å². The molecule has 0 aromatic rings. The molecular weight excluding hydrogens is 416 g/mol. The number of carbonyl (C=O) groups is 4. The van der Waals surface area contributed by atoms with Crippen LogP contribution in [-0.4, -0.2) is 50.3 Å². The van der Waals surface area contributed by atoms with E-state index in [-0.39, 0.29) is 50.1 Å². The molecule has 0 bridgehead atoms. The lowest BCUT2D eigenvalue weighted by Gasteiger charge is -2.45. The van der Waals surface area contributed by atoms with Gasteiger partial charge in [0.25, 0.3) is 0 Å². The van der Waals surface area contributed by atoms with Crippen LogP contribution in [0, 0.1) is 47.3 Å². The van der Waals surface area contributed by atoms with Crippen LogP contribution in [0.2, 0.25) is 0 Å². The molecule has 0 unspecified atom stereocenters. The molecule has 0 spiro atoms. The standard InChI is InChI=1S/C24H40O8/c1-13(2)9-29-21(25)17-18(22(26)30-10-14(3)4)20(24(28)32-12-16(7)8)19(17)23(27)31-11-15(5)6/h13-20H,9-12H2,1-8H3. The van der Waals surface area contributed by atoms with Crippen LogP contribution < -0.4 is 0 Å². The van der Waals surface area contributed by atoms with Gasteiger partial charge < -0.3 is 18.9 Å². The van der Waals surface area contributed by atoms with Gasteiger partial charge in [0.1, 0.15) is 0 Å². The number of hydrogen-bond donors (Lipinski definition) is 0. The number of rotatable bonds is 12. The molecule has 0 amide bonds. The maximum absolute atomic E-state index is 12.9. The predicted molar refractivity (Wildman–Crippen MR) is 117 cm³/mol. The average Bonchev–Trinajstić information content (AvgIpc) is 2.66. The van der Waals surface area contributed by atoms with Gasteiger partial charge in [-0.15, -0.1) is 0 Å². The van der Waals surface area contributed by atoms with Gasteiger partial charge >= 0.3 is 23.9 Å². The van der Waals surface area contributed by atoms with Gasteiger partial charge in [-0.3, -0.25) is 19.2 Å². The Hall–Kier alpha value is -2.12. The Kier molecular flexibility index (Phi) is 11.2. The Bertz CT molecular complexity index is 532. The van der Waals surface area contributed by atoms with Gasteiger partial charge in [-0.1, -0.05) is 55.4 Å². The lowest BCUT2D eigenvalue weighted by atomic mass is 9.56. The van der Waals surface area contributed by atoms with Gasteiger partial charge in [0.2, 0.25) is 0 Å². The topological polar surface area (TPSA) is 105 Å². The summed E-state index contributed by atoms with van der Waals surface area (Å²) in [4.78, 5) is 51.5.